The summed E-state index contributed by atoms with van der Waals surface area (Å²) in [5.74, 6) is 0. The van der Waals surface area contributed by atoms with Crippen LogP contribution in [-0.4, -0.2) is 3.21 Å². The van der Waals surface area contributed by atoms with Crippen LogP contribution in [0.25, 0.3) is 33.4 Å². The van der Waals surface area contributed by atoms with Gasteiger partial charge in [0, 0.05) is 0 Å². The molecule has 5 heteroatoms. The Kier molecular flexibility index (Phi) is 16.0. The van der Waals surface area contributed by atoms with Crippen molar-refractivity contribution in [3.8, 4) is 33.4 Å². The first-order valence-electron chi connectivity index (χ1n) is 17.7. The van der Waals surface area contributed by atoms with Gasteiger partial charge >= 0.3 is 120 Å². The van der Waals surface area contributed by atoms with E-state index in [-0.39, 0.29) is 24.8 Å². The second kappa shape index (κ2) is 20.0. The molecule has 0 N–H and O–H groups in total. The zero-order valence-corrected chi connectivity index (χ0v) is 36.4. The molecule has 0 amide bonds. The third-order valence-electron chi connectivity index (χ3n) is 9.34. The number of rotatable bonds is 5. The summed E-state index contributed by atoms with van der Waals surface area (Å²) in [5.41, 5.74) is 16.0. The molecule has 7 aromatic rings. The van der Waals surface area contributed by atoms with E-state index in [4.69, 9.17) is 23.2 Å². The summed E-state index contributed by atoms with van der Waals surface area (Å²) in [6, 6.07) is 58.6. The van der Waals surface area contributed by atoms with Gasteiger partial charge in [-0.05, 0) is 23.1 Å². The summed E-state index contributed by atoms with van der Waals surface area (Å²) >= 11 is 13.1. The Labute approximate surface area is 359 Å². The molecule has 0 fully saturated rings. The number of halogens is 4. The molecule has 0 heterocycles. The monoisotopic (exact) mass is 860 g/mol. The van der Waals surface area contributed by atoms with Crippen LogP contribution in [0.2, 0.25) is 10.0 Å². The SMILES string of the molecule is CCc1cc(C(C)(C)C)c[cH-]1.Clc1ccc([C](=[Zr+2])c2ccc(Cl)cc2)cc1.[Cl-].[Cl-].[c-]1c(-c2ccccc2)ccc2c1Cc1cc(-c3ccccc3)ccc1-2. The van der Waals surface area contributed by atoms with Crippen molar-refractivity contribution in [1.82, 2.24) is 0 Å². The van der Waals surface area contributed by atoms with Crippen LogP contribution < -0.4 is 24.8 Å². The zero-order chi connectivity index (χ0) is 36.7. The van der Waals surface area contributed by atoms with Crippen LogP contribution in [0.4, 0.5) is 0 Å². The molecule has 0 unspecified atom stereocenters. The predicted molar refractivity (Wildman–Crippen MR) is 221 cm³/mol. The second-order valence-corrected chi connectivity index (χ2v) is 16.1. The van der Waals surface area contributed by atoms with Gasteiger partial charge in [0.05, 0.1) is 0 Å². The Morgan fingerprint density at radius 2 is 1.19 bits per heavy atom. The second-order valence-electron chi connectivity index (χ2n) is 14.0. The van der Waals surface area contributed by atoms with Crippen molar-refractivity contribution in [2.45, 2.75) is 46.0 Å². The van der Waals surface area contributed by atoms with Crippen LogP contribution >= 0.6 is 23.2 Å². The van der Waals surface area contributed by atoms with E-state index in [0.717, 1.165) is 22.9 Å². The van der Waals surface area contributed by atoms with E-state index in [1.165, 1.54) is 94.2 Å². The van der Waals surface area contributed by atoms with Gasteiger partial charge in [-0.1, -0.05) is 135 Å². The Hall–Kier alpha value is -3.42. The van der Waals surface area contributed by atoms with Crippen molar-refractivity contribution in [2.75, 3.05) is 0 Å². The van der Waals surface area contributed by atoms with E-state index < -0.39 is 0 Å². The molecule has 1 aliphatic carbocycles. The van der Waals surface area contributed by atoms with E-state index in [1.807, 2.05) is 48.5 Å². The van der Waals surface area contributed by atoms with Gasteiger partial charge in [0.15, 0.2) is 0 Å². The van der Waals surface area contributed by atoms with Gasteiger partial charge in [-0.3, -0.25) is 0 Å². The molecule has 7 aromatic carbocycles. The number of fused-ring (bicyclic) bond motifs is 3. The van der Waals surface area contributed by atoms with E-state index >= 15 is 0 Å². The fourth-order valence-corrected chi connectivity index (χ4v) is 7.37. The summed E-state index contributed by atoms with van der Waals surface area (Å²) in [6.45, 7) is 8.95. The van der Waals surface area contributed by atoms with Crippen LogP contribution in [0.1, 0.15) is 61.1 Å². The first-order chi connectivity index (χ1) is 25.1. The quantitative estimate of drug-likeness (QED) is 0.155. The maximum absolute atomic E-state index is 5.86. The first-order valence-corrected chi connectivity index (χ1v) is 19.7. The molecular formula is C49H42Cl4Zr-2. The number of aryl methyl sites for hydroxylation is 1. The molecule has 0 bridgehead atoms. The molecule has 0 nitrogen and oxygen atoms in total. The third-order valence-corrected chi connectivity index (χ3v) is 11.3. The molecule has 0 aromatic heterocycles. The molecule has 0 radical (unpaired) electrons. The van der Waals surface area contributed by atoms with Gasteiger partial charge in [-0.15, -0.1) is 29.3 Å². The number of hydrogen-bond donors (Lipinski definition) is 0. The normalized spacial score (nSPS) is 11.0. The van der Waals surface area contributed by atoms with E-state index in [2.05, 4.69) is 143 Å². The van der Waals surface area contributed by atoms with Crippen molar-refractivity contribution in [2.24, 2.45) is 0 Å². The standard InChI is InChI=1S/C25H17.C13H8Cl2.C11H17.2ClH.Zr/c1-3-7-18(8-4-1)20-11-13-24-22(15-20)17-23-16-21(12-14-25(23)24)19-9-5-2-6-10-19;14-12-5-1-10(2-6-12)9-11-3-7-13(15)8-4-11;1-5-9-6-7-10(8-9)11(2,3)4;;;/h1-15H,17H2;1-8H;6-8H,5H2,1-4H3;2*1H;/q-1;;-1;;;+2/p-2. The minimum atomic E-state index is 0. The van der Waals surface area contributed by atoms with Crippen LogP contribution in [0.5, 0.6) is 0 Å². The molecule has 1 aliphatic rings. The molecule has 0 atom stereocenters. The maximum Gasteiger partial charge on any atom is -0.0181 e. The van der Waals surface area contributed by atoms with E-state index in [1.54, 1.807) is 0 Å². The summed E-state index contributed by atoms with van der Waals surface area (Å²) in [6.07, 6.45) is 2.11. The van der Waals surface area contributed by atoms with Crippen molar-refractivity contribution in [1.29, 1.82) is 0 Å². The van der Waals surface area contributed by atoms with E-state index in [9.17, 15) is 0 Å². The molecule has 0 saturated carbocycles. The largest absolute Gasteiger partial charge is 1.00 e. The average Bonchev–Trinajstić information content (AvgIpc) is 3.81. The summed E-state index contributed by atoms with van der Waals surface area (Å²) in [7, 11) is 0. The van der Waals surface area contributed by atoms with Gasteiger partial charge in [-0.2, -0.15) is 23.3 Å². The van der Waals surface area contributed by atoms with E-state index in [0.29, 0.717) is 5.41 Å². The molecular weight excluding hydrogens is 822 g/mol. The fourth-order valence-electron chi connectivity index (χ4n) is 6.30. The maximum atomic E-state index is 5.86. The molecule has 0 saturated heterocycles. The van der Waals surface area contributed by atoms with Crippen LogP contribution in [0.3, 0.4) is 0 Å². The van der Waals surface area contributed by atoms with Crippen molar-refractivity contribution < 1.29 is 49.0 Å². The van der Waals surface area contributed by atoms with Crippen LogP contribution in [0, 0.1) is 6.07 Å². The van der Waals surface area contributed by atoms with Gasteiger partial charge in [-0.25, -0.2) is 6.07 Å². The van der Waals surface area contributed by atoms with Crippen LogP contribution in [-0.2, 0) is 42.5 Å². The first kappa shape index (κ1) is 43.3. The zero-order valence-electron chi connectivity index (χ0n) is 30.9. The van der Waals surface area contributed by atoms with Crippen molar-refractivity contribution in [3.05, 3.63) is 207 Å². The number of hydrogen-bond acceptors (Lipinski definition) is 0. The summed E-state index contributed by atoms with van der Waals surface area (Å²) in [4.78, 5) is 0. The smallest absolute Gasteiger partial charge is 0.0181 e. The minimum absolute atomic E-state index is 0. The predicted octanol–water partition coefficient (Wildman–Crippen LogP) is 7.77. The van der Waals surface area contributed by atoms with Crippen molar-refractivity contribution in [3.63, 3.8) is 0 Å². The average molecular weight is 864 g/mol. The minimum Gasteiger partial charge on any atom is -1.00 e. The summed E-state index contributed by atoms with van der Waals surface area (Å²) < 4.78 is 1.31. The molecule has 0 aliphatic heterocycles. The van der Waals surface area contributed by atoms with Gasteiger partial charge in [0.2, 0.25) is 0 Å². The van der Waals surface area contributed by atoms with Crippen LogP contribution in [0.15, 0.2) is 158 Å². The number of benzene rings is 6. The molecule has 8 rings (SSSR count). The van der Waals surface area contributed by atoms with Gasteiger partial charge < -0.3 is 24.8 Å². The third kappa shape index (κ3) is 11.1. The fraction of sp³-hybridized carbons (Fsp3) is 0.143. The summed E-state index contributed by atoms with van der Waals surface area (Å²) in [5, 5.41) is 1.53. The van der Waals surface area contributed by atoms with Gasteiger partial charge in [0.1, 0.15) is 0 Å². The van der Waals surface area contributed by atoms with Crippen molar-refractivity contribution >= 4 is 26.4 Å². The molecule has 54 heavy (non-hydrogen) atoms. The molecule has 0 spiro atoms. The van der Waals surface area contributed by atoms with Gasteiger partial charge in [0.25, 0.3) is 0 Å². The Balaban J connectivity index is 0.000000194. The Morgan fingerprint density at radius 1 is 0.648 bits per heavy atom. The Morgan fingerprint density at radius 3 is 1.69 bits per heavy atom. The topological polar surface area (TPSA) is 0 Å². The Bertz CT molecular complexity index is 2110. The molecule has 272 valence electrons.